The van der Waals surface area contributed by atoms with Gasteiger partial charge in [0.2, 0.25) is 35.4 Å². The van der Waals surface area contributed by atoms with Crippen LogP contribution in [0, 0.1) is 11.8 Å². The Kier molecular flexibility index (Phi) is 18.5. The van der Waals surface area contributed by atoms with Crippen molar-refractivity contribution in [2.24, 2.45) is 11.8 Å². The number of imidazole rings is 1. The first-order valence-corrected chi connectivity index (χ1v) is 26.6. The number of amides is 6. The van der Waals surface area contributed by atoms with E-state index in [0.717, 1.165) is 41.2 Å². The van der Waals surface area contributed by atoms with E-state index in [-0.39, 0.29) is 69.0 Å². The summed E-state index contributed by atoms with van der Waals surface area (Å²) in [5.74, 6) is -1.37. The van der Waals surface area contributed by atoms with Crippen molar-refractivity contribution in [1.82, 2.24) is 45.1 Å². The summed E-state index contributed by atoms with van der Waals surface area (Å²) in [6.45, 7) is 6.38. The molecule has 2 saturated heterocycles. The van der Waals surface area contributed by atoms with Crippen LogP contribution in [0.25, 0.3) is 11.3 Å². The van der Waals surface area contributed by atoms with Gasteiger partial charge in [0, 0.05) is 93.5 Å². The van der Waals surface area contributed by atoms with Gasteiger partial charge in [-0.2, -0.15) is 0 Å². The molecule has 0 aliphatic carbocycles. The second kappa shape index (κ2) is 25.4. The number of hydrogen-bond donors (Lipinski definition) is 3. The highest BCUT2D eigenvalue weighted by molar-refractivity contribution is 6.31. The molecule has 4 heterocycles. The first-order chi connectivity index (χ1) is 36.6. The number of aromatic nitrogens is 2. The van der Waals surface area contributed by atoms with Crippen molar-refractivity contribution in [1.29, 1.82) is 0 Å². The second-order valence-electron chi connectivity index (χ2n) is 20.1. The number of hydrogen-bond acceptors (Lipinski definition) is 10. The van der Waals surface area contributed by atoms with Crippen LogP contribution in [0.15, 0.2) is 103 Å². The molecule has 0 radical (unpaired) electrons. The van der Waals surface area contributed by atoms with Gasteiger partial charge in [0.15, 0.2) is 0 Å². The van der Waals surface area contributed by atoms with E-state index in [1.54, 1.807) is 56.3 Å². The summed E-state index contributed by atoms with van der Waals surface area (Å²) in [4.78, 5) is 96.8. The molecule has 8 rings (SSSR count). The highest BCUT2D eigenvalue weighted by Crippen LogP contribution is 2.33. The monoisotopic (exact) mass is 1080 g/mol. The van der Waals surface area contributed by atoms with Gasteiger partial charge in [0.05, 0.1) is 43.4 Å². The van der Waals surface area contributed by atoms with Crippen LogP contribution in [0.5, 0.6) is 11.5 Å². The average molecular weight is 1080 g/mol. The summed E-state index contributed by atoms with van der Waals surface area (Å²) in [5, 5.41) is 10.0. The number of benzene rings is 4. The Morgan fingerprint density at radius 3 is 2.24 bits per heavy atom. The Balaban J connectivity index is 1.08. The zero-order valence-electron chi connectivity index (χ0n) is 43.7. The first-order valence-electron chi connectivity index (χ1n) is 25.8. The molecule has 1 unspecified atom stereocenters. The number of carbonyl (C=O) groups excluding carboxylic acids is 6. The molecule has 3 N–H and O–H groups in total. The highest BCUT2D eigenvalue weighted by atomic mass is 35.5. The predicted molar refractivity (Wildman–Crippen MR) is 289 cm³/mol. The van der Waals surface area contributed by atoms with Gasteiger partial charge in [-0.15, -0.1) is 0 Å². The van der Waals surface area contributed by atoms with E-state index in [1.165, 1.54) is 16.9 Å². The fourth-order valence-electron chi connectivity index (χ4n) is 10.1. The molecule has 4 aromatic carbocycles. The Morgan fingerprint density at radius 1 is 0.803 bits per heavy atom. The number of nitrogens with zero attached hydrogens (tertiary/aromatic N) is 6. The van der Waals surface area contributed by atoms with E-state index in [1.807, 2.05) is 84.8 Å². The van der Waals surface area contributed by atoms with Gasteiger partial charge in [0.25, 0.3) is 0 Å². The Labute approximate surface area is 454 Å². The number of rotatable bonds is 12. The van der Waals surface area contributed by atoms with Crippen LogP contribution in [0.2, 0.25) is 10.0 Å². The SMILES string of the molecule is COC[C@@H]1NC(=O)[C@H](C)N(Cc2ccc(Cl)cc2Oc2ccc(-c3cnc4n3CCN(C(=O)C3CCNC3)C4)cc2)C(=O)C[C@@H](Cc2ccccc2)C(=O)N(C)[C@@H](C)CNC(=O)C[C@H](Cc2ccc(Cl)cc2)N(C)C1=O. The number of carbonyl (C=O) groups is 6. The molecule has 19 heteroatoms. The fourth-order valence-corrected chi connectivity index (χ4v) is 10.4. The maximum atomic E-state index is 15.1. The quantitative estimate of drug-likeness (QED) is 0.131. The summed E-state index contributed by atoms with van der Waals surface area (Å²) in [6.07, 6.45) is 2.82. The Bertz CT molecular complexity index is 2860. The van der Waals surface area contributed by atoms with Crippen molar-refractivity contribution >= 4 is 58.6 Å². The summed E-state index contributed by atoms with van der Waals surface area (Å²) >= 11 is 12.8. The molecule has 3 aliphatic heterocycles. The zero-order chi connectivity index (χ0) is 54.0. The van der Waals surface area contributed by atoms with Crippen LogP contribution in [0.3, 0.4) is 0 Å². The van der Waals surface area contributed by atoms with Crippen LogP contribution >= 0.6 is 23.2 Å². The van der Waals surface area contributed by atoms with E-state index in [9.17, 15) is 24.0 Å². The molecule has 2 fully saturated rings. The number of methoxy groups -OCH3 is 1. The van der Waals surface area contributed by atoms with Gasteiger partial charge >= 0.3 is 0 Å². The van der Waals surface area contributed by atoms with E-state index >= 15 is 4.79 Å². The summed E-state index contributed by atoms with van der Waals surface area (Å²) in [7, 11) is 4.65. The molecule has 0 bridgehead atoms. The van der Waals surface area contributed by atoms with Gasteiger partial charge in [-0.1, -0.05) is 71.7 Å². The van der Waals surface area contributed by atoms with Crippen molar-refractivity contribution in [3.63, 3.8) is 0 Å². The number of fused-ring (bicyclic) bond motifs is 1. The van der Waals surface area contributed by atoms with E-state index in [0.29, 0.717) is 53.3 Å². The topological polar surface area (TPSA) is 188 Å². The minimum atomic E-state index is -1.21. The van der Waals surface area contributed by atoms with Gasteiger partial charge in [-0.3, -0.25) is 28.8 Å². The van der Waals surface area contributed by atoms with Crippen molar-refractivity contribution in [2.45, 2.75) is 89.8 Å². The molecule has 6 atom stereocenters. The molecule has 5 aromatic rings. The Morgan fingerprint density at radius 2 is 1.53 bits per heavy atom. The molecule has 3 aliphatic rings. The largest absolute Gasteiger partial charge is 0.457 e. The second-order valence-corrected chi connectivity index (χ2v) is 21.0. The molecule has 76 heavy (non-hydrogen) atoms. The molecule has 0 saturated carbocycles. The van der Waals surface area contributed by atoms with Crippen molar-refractivity contribution in [2.75, 3.05) is 54.0 Å². The van der Waals surface area contributed by atoms with Crippen LogP contribution in [-0.2, 0) is 66.0 Å². The van der Waals surface area contributed by atoms with Gasteiger partial charge in [-0.05, 0) is 99.3 Å². The molecular formula is C57H67Cl2N9O8. The van der Waals surface area contributed by atoms with Crippen molar-refractivity contribution in [3.8, 4) is 22.8 Å². The first kappa shape index (κ1) is 55.4. The molecular weight excluding hydrogens is 1010 g/mol. The third-order valence-corrected chi connectivity index (χ3v) is 15.3. The average Bonchev–Trinajstić information content (AvgIpc) is 4.13. The summed E-state index contributed by atoms with van der Waals surface area (Å²) in [6, 6.07) is 25.5. The van der Waals surface area contributed by atoms with E-state index in [2.05, 4.69) is 20.5 Å². The summed E-state index contributed by atoms with van der Waals surface area (Å²) in [5.41, 5.74) is 4.01. The lowest BCUT2D eigenvalue weighted by atomic mass is 9.93. The molecule has 402 valence electrons. The molecule has 6 amide bonds. The molecule has 0 spiro atoms. The van der Waals surface area contributed by atoms with Crippen molar-refractivity contribution < 1.29 is 38.2 Å². The van der Waals surface area contributed by atoms with E-state index < -0.39 is 47.8 Å². The van der Waals surface area contributed by atoms with Crippen LogP contribution in [-0.4, -0.2) is 143 Å². The molecule has 1 aromatic heterocycles. The maximum Gasteiger partial charge on any atom is 0.247 e. The third kappa shape index (κ3) is 13.6. The minimum absolute atomic E-state index is 0.0000885. The van der Waals surface area contributed by atoms with E-state index in [4.69, 9.17) is 37.7 Å². The zero-order valence-corrected chi connectivity index (χ0v) is 45.2. The number of halogens is 2. The van der Waals surface area contributed by atoms with Gasteiger partial charge in [0.1, 0.15) is 29.4 Å². The third-order valence-electron chi connectivity index (χ3n) is 14.8. The number of ether oxygens (including phenoxy) is 2. The lowest BCUT2D eigenvalue weighted by Crippen LogP contribution is -2.57. The number of likely N-dealkylation sites (N-methyl/N-ethyl adjacent to an activating group) is 2. The Hall–Kier alpha value is -6.79. The fraction of sp³-hybridized carbons (Fsp3) is 0.421. The summed E-state index contributed by atoms with van der Waals surface area (Å²) < 4.78 is 14.2. The van der Waals surface area contributed by atoms with Crippen LogP contribution in [0.1, 0.15) is 55.6 Å². The standard InChI is InChI=1S/C57H67Cl2N9O8/c1-36-30-62-52(69)29-46(26-39-11-16-44(58)17-12-39)65(4)57(74)48(35-75-5)63-54(71)37(2)68(53(70)27-43(55(72)64(36)3)25-38-9-7-6-8-10-38)33-42-13-18-45(59)28-50(42)76-47-19-14-40(15-20-47)49-32-61-51-34-66(23-24-67(49)51)56(73)41-21-22-60-31-41/h6-20,28,32,36-37,41,43,46,48,60H,21-27,29-31,33-35H2,1-5H3,(H,62,69)(H,63,71)/t36-,37-,41?,43+,46-,48-/m0/s1. The van der Waals surface area contributed by atoms with Gasteiger partial charge in [-0.25, -0.2) is 4.98 Å². The predicted octanol–water partition coefficient (Wildman–Crippen LogP) is 6.13. The minimum Gasteiger partial charge on any atom is -0.457 e. The van der Waals surface area contributed by atoms with Crippen LogP contribution < -0.4 is 20.7 Å². The smallest absolute Gasteiger partial charge is 0.247 e. The normalized spacial score (nSPS) is 22.4. The maximum absolute atomic E-state index is 15.1. The number of nitrogens with one attached hydrogen (secondary N) is 3. The lowest BCUT2D eigenvalue weighted by Gasteiger charge is -2.35. The highest BCUT2D eigenvalue weighted by Gasteiger charge is 2.37. The van der Waals surface area contributed by atoms with Crippen molar-refractivity contribution in [3.05, 3.63) is 136 Å². The molecule has 17 nitrogen and oxygen atoms in total. The van der Waals surface area contributed by atoms with Gasteiger partial charge < -0.3 is 49.6 Å². The van der Waals surface area contributed by atoms with Crippen LogP contribution in [0.4, 0.5) is 0 Å². The lowest BCUT2D eigenvalue weighted by molar-refractivity contribution is -0.147.